The Balaban J connectivity index is 2.58. The summed E-state index contributed by atoms with van der Waals surface area (Å²) in [6.45, 7) is 3.72. The molecule has 1 N–H and O–H groups in total. The van der Waals surface area contributed by atoms with Gasteiger partial charge in [0.25, 0.3) is 0 Å². The number of halogens is 1. The number of alkyl halides is 1. The SMILES string of the molecule is CC1CC(C)C(O)(F)C1. The van der Waals surface area contributed by atoms with Crippen molar-refractivity contribution in [1.29, 1.82) is 0 Å². The Bertz CT molecular complexity index is 111. The van der Waals surface area contributed by atoms with E-state index in [1.54, 1.807) is 6.92 Å². The van der Waals surface area contributed by atoms with Crippen LogP contribution in [0.25, 0.3) is 0 Å². The molecule has 1 fully saturated rings. The van der Waals surface area contributed by atoms with Gasteiger partial charge in [0.15, 0.2) is 0 Å². The van der Waals surface area contributed by atoms with E-state index in [1.807, 2.05) is 6.92 Å². The van der Waals surface area contributed by atoms with Crippen LogP contribution in [0, 0.1) is 11.8 Å². The minimum absolute atomic E-state index is 0.174. The molecule has 1 aliphatic carbocycles. The average molecular weight is 132 g/mol. The van der Waals surface area contributed by atoms with E-state index in [2.05, 4.69) is 0 Å². The molecule has 1 rings (SSSR count). The first-order valence-corrected chi connectivity index (χ1v) is 3.43. The lowest BCUT2D eigenvalue weighted by Crippen LogP contribution is -2.24. The maximum absolute atomic E-state index is 12.8. The molecule has 1 aliphatic rings. The average Bonchev–Trinajstić information content (AvgIpc) is 1.79. The van der Waals surface area contributed by atoms with Crippen LogP contribution in [0.2, 0.25) is 0 Å². The molecule has 0 amide bonds. The molecule has 2 heteroatoms. The fourth-order valence-corrected chi connectivity index (χ4v) is 1.56. The highest BCUT2D eigenvalue weighted by atomic mass is 19.2. The number of hydrogen-bond donors (Lipinski definition) is 1. The Labute approximate surface area is 54.9 Å². The van der Waals surface area contributed by atoms with Crippen LogP contribution in [0.4, 0.5) is 4.39 Å². The van der Waals surface area contributed by atoms with Gasteiger partial charge in [-0.3, -0.25) is 0 Å². The quantitative estimate of drug-likeness (QED) is 0.532. The summed E-state index contributed by atoms with van der Waals surface area (Å²) in [6, 6.07) is 0. The number of aliphatic hydroxyl groups is 1. The monoisotopic (exact) mass is 132 g/mol. The van der Waals surface area contributed by atoms with E-state index in [0.717, 1.165) is 6.42 Å². The summed E-state index contributed by atoms with van der Waals surface area (Å²) >= 11 is 0. The smallest absolute Gasteiger partial charge is 0.209 e. The van der Waals surface area contributed by atoms with Crippen molar-refractivity contribution in [3.8, 4) is 0 Å². The van der Waals surface area contributed by atoms with Crippen molar-refractivity contribution in [1.82, 2.24) is 0 Å². The molecule has 0 bridgehead atoms. The van der Waals surface area contributed by atoms with Crippen molar-refractivity contribution < 1.29 is 9.50 Å². The van der Waals surface area contributed by atoms with E-state index in [-0.39, 0.29) is 5.92 Å². The van der Waals surface area contributed by atoms with Gasteiger partial charge in [-0.05, 0) is 12.3 Å². The van der Waals surface area contributed by atoms with Crippen LogP contribution in [-0.4, -0.2) is 11.0 Å². The topological polar surface area (TPSA) is 20.2 Å². The predicted molar refractivity (Wildman–Crippen MR) is 33.6 cm³/mol. The van der Waals surface area contributed by atoms with Crippen LogP contribution in [0.3, 0.4) is 0 Å². The Kier molecular flexibility index (Phi) is 1.51. The largest absolute Gasteiger partial charge is 0.361 e. The second-order valence-corrected chi connectivity index (χ2v) is 3.26. The molecule has 3 atom stereocenters. The third-order valence-electron chi connectivity index (χ3n) is 2.15. The van der Waals surface area contributed by atoms with Crippen molar-refractivity contribution in [2.24, 2.45) is 11.8 Å². The summed E-state index contributed by atoms with van der Waals surface area (Å²) in [5.41, 5.74) is 0. The standard InChI is InChI=1S/C7H13FO/c1-5-3-6(2)7(8,9)4-5/h5-6,9H,3-4H2,1-2H3. The molecule has 0 radical (unpaired) electrons. The van der Waals surface area contributed by atoms with Gasteiger partial charge in [0.1, 0.15) is 0 Å². The highest BCUT2D eigenvalue weighted by Gasteiger charge is 2.41. The normalized spacial score (nSPS) is 52.0. The molecule has 0 aromatic heterocycles. The van der Waals surface area contributed by atoms with Gasteiger partial charge in [-0.1, -0.05) is 13.8 Å². The second-order valence-electron chi connectivity index (χ2n) is 3.26. The molecule has 0 aromatic carbocycles. The van der Waals surface area contributed by atoms with E-state index in [0.29, 0.717) is 12.3 Å². The fraction of sp³-hybridized carbons (Fsp3) is 1.00. The molecule has 0 aliphatic heterocycles. The Morgan fingerprint density at radius 2 is 2.11 bits per heavy atom. The number of hydrogen-bond acceptors (Lipinski definition) is 1. The van der Waals surface area contributed by atoms with Crippen LogP contribution >= 0.6 is 0 Å². The van der Waals surface area contributed by atoms with Gasteiger partial charge in [-0.2, -0.15) is 0 Å². The van der Waals surface area contributed by atoms with E-state index in [1.165, 1.54) is 0 Å². The first-order valence-electron chi connectivity index (χ1n) is 3.43. The molecular formula is C7H13FO. The van der Waals surface area contributed by atoms with Gasteiger partial charge in [-0.15, -0.1) is 0 Å². The van der Waals surface area contributed by atoms with Crippen LogP contribution < -0.4 is 0 Å². The fourth-order valence-electron chi connectivity index (χ4n) is 1.56. The maximum atomic E-state index is 12.8. The summed E-state index contributed by atoms with van der Waals surface area (Å²) < 4.78 is 12.8. The Morgan fingerprint density at radius 1 is 1.56 bits per heavy atom. The molecule has 1 saturated carbocycles. The summed E-state index contributed by atoms with van der Waals surface area (Å²) in [6.07, 6.45) is 1.13. The van der Waals surface area contributed by atoms with Crippen LogP contribution in [0.15, 0.2) is 0 Å². The number of rotatable bonds is 0. The summed E-state index contributed by atoms with van der Waals surface area (Å²) in [7, 11) is 0. The molecule has 0 heterocycles. The van der Waals surface area contributed by atoms with E-state index in [9.17, 15) is 4.39 Å². The highest BCUT2D eigenvalue weighted by Crippen LogP contribution is 2.39. The Morgan fingerprint density at radius 3 is 2.22 bits per heavy atom. The minimum atomic E-state index is -1.88. The maximum Gasteiger partial charge on any atom is 0.209 e. The van der Waals surface area contributed by atoms with Crippen LogP contribution in [0.5, 0.6) is 0 Å². The Hall–Kier alpha value is -0.110. The van der Waals surface area contributed by atoms with Crippen molar-refractivity contribution in [3.63, 3.8) is 0 Å². The van der Waals surface area contributed by atoms with Crippen LogP contribution in [0.1, 0.15) is 26.7 Å². The third-order valence-corrected chi connectivity index (χ3v) is 2.15. The lowest BCUT2D eigenvalue weighted by atomic mass is 10.1. The van der Waals surface area contributed by atoms with Gasteiger partial charge in [0.2, 0.25) is 5.85 Å². The lowest BCUT2D eigenvalue weighted by Gasteiger charge is -2.15. The zero-order valence-electron chi connectivity index (χ0n) is 5.89. The van der Waals surface area contributed by atoms with E-state index >= 15 is 0 Å². The van der Waals surface area contributed by atoms with Crippen molar-refractivity contribution in [2.45, 2.75) is 32.5 Å². The van der Waals surface area contributed by atoms with Gasteiger partial charge in [0.05, 0.1) is 0 Å². The minimum Gasteiger partial charge on any atom is -0.361 e. The van der Waals surface area contributed by atoms with Crippen molar-refractivity contribution in [2.75, 3.05) is 0 Å². The van der Waals surface area contributed by atoms with Crippen LogP contribution in [-0.2, 0) is 0 Å². The molecular weight excluding hydrogens is 119 g/mol. The van der Waals surface area contributed by atoms with Gasteiger partial charge < -0.3 is 5.11 Å². The van der Waals surface area contributed by atoms with Crippen molar-refractivity contribution in [3.05, 3.63) is 0 Å². The summed E-state index contributed by atoms with van der Waals surface area (Å²) in [4.78, 5) is 0. The summed E-state index contributed by atoms with van der Waals surface area (Å²) in [5.74, 6) is -1.71. The van der Waals surface area contributed by atoms with Gasteiger partial charge in [-0.25, -0.2) is 4.39 Å². The predicted octanol–water partition coefficient (Wildman–Crippen LogP) is 1.71. The van der Waals surface area contributed by atoms with E-state index < -0.39 is 5.85 Å². The second kappa shape index (κ2) is 1.94. The molecule has 9 heavy (non-hydrogen) atoms. The third kappa shape index (κ3) is 1.23. The molecule has 0 spiro atoms. The zero-order chi connectivity index (χ0) is 7.07. The zero-order valence-corrected chi connectivity index (χ0v) is 5.89. The lowest BCUT2D eigenvalue weighted by molar-refractivity contribution is -0.114. The molecule has 0 aromatic rings. The van der Waals surface area contributed by atoms with E-state index in [4.69, 9.17) is 5.11 Å². The van der Waals surface area contributed by atoms with Crippen molar-refractivity contribution >= 4 is 0 Å². The summed E-state index contributed by atoms with van der Waals surface area (Å²) in [5, 5.41) is 8.97. The first kappa shape index (κ1) is 7.00. The first-order chi connectivity index (χ1) is 4.02. The molecule has 54 valence electrons. The molecule has 3 unspecified atom stereocenters. The molecule has 1 nitrogen and oxygen atoms in total. The molecule has 0 saturated heterocycles. The van der Waals surface area contributed by atoms with Gasteiger partial charge >= 0.3 is 0 Å². The highest BCUT2D eigenvalue weighted by molar-refractivity contribution is 4.84. The van der Waals surface area contributed by atoms with Gasteiger partial charge in [0, 0.05) is 12.3 Å².